The average Bonchev–Trinajstić information content (AvgIpc) is 3.21. The van der Waals surface area contributed by atoms with E-state index in [1.165, 1.54) is 23.4 Å². The minimum atomic E-state index is -3.08. The molecule has 7 heteroatoms. The maximum absolute atomic E-state index is 11.5. The van der Waals surface area contributed by atoms with Crippen LogP contribution in [0.1, 0.15) is 33.1 Å². The number of sulfonamides is 1. The van der Waals surface area contributed by atoms with Crippen molar-refractivity contribution in [3.05, 3.63) is 0 Å². The summed E-state index contributed by atoms with van der Waals surface area (Å²) in [7, 11) is -3.08. The van der Waals surface area contributed by atoms with Crippen molar-refractivity contribution in [2.45, 2.75) is 50.7 Å². The molecule has 0 radical (unpaired) electrons. The Morgan fingerprint density at radius 2 is 1.90 bits per heavy atom. The van der Waals surface area contributed by atoms with Gasteiger partial charge in [0, 0.05) is 38.3 Å². The van der Waals surface area contributed by atoms with Gasteiger partial charge >= 0.3 is 0 Å². The number of nitriles is 1. The maximum atomic E-state index is 11.5. The van der Waals surface area contributed by atoms with Gasteiger partial charge in [-0.05, 0) is 33.1 Å². The van der Waals surface area contributed by atoms with Crippen molar-refractivity contribution in [1.29, 1.82) is 5.26 Å². The molecule has 2 rings (SSSR count). The van der Waals surface area contributed by atoms with E-state index in [0.29, 0.717) is 19.1 Å². The molecule has 2 unspecified atom stereocenters. The minimum absolute atomic E-state index is 0.266. The zero-order chi connectivity index (χ0) is 15.7. The topological polar surface area (TPSA) is 76.4 Å². The number of piperazine rings is 1. The Morgan fingerprint density at radius 3 is 2.33 bits per heavy atom. The first-order chi connectivity index (χ1) is 9.73. The normalized spacial score (nSPS) is 26.0. The molecule has 2 aliphatic rings. The van der Waals surface area contributed by atoms with Crippen LogP contribution in [0.5, 0.6) is 0 Å². The highest BCUT2D eigenvalue weighted by molar-refractivity contribution is 7.88. The first-order valence-corrected chi connectivity index (χ1v) is 9.46. The molecule has 1 saturated heterocycles. The van der Waals surface area contributed by atoms with E-state index in [1.807, 2.05) is 6.92 Å². The van der Waals surface area contributed by atoms with E-state index in [1.54, 1.807) is 0 Å². The van der Waals surface area contributed by atoms with Crippen LogP contribution in [0.15, 0.2) is 0 Å². The van der Waals surface area contributed by atoms with Crippen LogP contribution in [0.3, 0.4) is 0 Å². The van der Waals surface area contributed by atoms with Gasteiger partial charge in [-0.25, -0.2) is 8.42 Å². The third-order valence-corrected chi connectivity index (χ3v) is 5.72. The molecule has 6 nitrogen and oxygen atoms in total. The van der Waals surface area contributed by atoms with Crippen molar-refractivity contribution in [2.75, 3.05) is 32.4 Å². The van der Waals surface area contributed by atoms with Gasteiger partial charge in [-0.1, -0.05) is 0 Å². The zero-order valence-corrected chi connectivity index (χ0v) is 14.0. The van der Waals surface area contributed by atoms with E-state index in [4.69, 9.17) is 0 Å². The predicted molar refractivity (Wildman–Crippen MR) is 82.2 cm³/mol. The number of nitrogens with one attached hydrogen (secondary N) is 1. The van der Waals surface area contributed by atoms with E-state index in [0.717, 1.165) is 19.5 Å². The second-order valence-corrected chi connectivity index (χ2v) is 8.60. The SMILES string of the molecule is CC(CC(C)(C#N)NC1CC1)N1CCN(S(C)(=O)=O)CC1. The molecule has 120 valence electrons. The van der Waals surface area contributed by atoms with E-state index >= 15 is 0 Å². The summed E-state index contributed by atoms with van der Waals surface area (Å²) in [5.74, 6) is 0. The van der Waals surface area contributed by atoms with Crippen molar-refractivity contribution >= 4 is 10.0 Å². The monoisotopic (exact) mass is 314 g/mol. The lowest BCUT2D eigenvalue weighted by molar-refractivity contribution is 0.126. The molecular formula is C14H26N4O2S. The Balaban J connectivity index is 1.86. The highest BCUT2D eigenvalue weighted by atomic mass is 32.2. The molecule has 0 amide bonds. The standard InChI is InChI=1S/C14H26N4O2S/c1-12(10-14(2,11-15)16-13-4-5-13)17-6-8-18(9-7-17)21(3,19)20/h12-13,16H,4-10H2,1-3H3. The van der Waals surface area contributed by atoms with Crippen LogP contribution < -0.4 is 5.32 Å². The van der Waals surface area contributed by atoms with Gasteiger partial charge in [0.05, 0.1) is 12.3 Å². The summed E-state index contributed by atoms with van der Waals surface area (Å²) in [6, 6.07) is 3.18. The molecule has 1 saturated carbocycles. The van der Waals surface area contributed by atoms with Gasteiger partial charge in [-0.15, -0.1) is 0 Å². The molecule has 0 aromatic heterocycles. The van der Waals surface area contributed by atoms with Crippen LogP contribution in [0.25, 0.3) is 0 Å². The number of hydrogen-bond donors (Lipinski definition) is 1. The Hall–Kier alpha value is -0.680. The van der Waals surface area contributed by atoms with Crippen LogP contribution in [0.2, 0.25) is 0 Å². The van der Waals surface area contributed by atoms with Crippen LogP contribution in [-0.4, -0.2) is 67.7 Å². The summed E-state index contributed by atoms with van der Waals surface area (Å²) in [6.45, 7) is 6.65. The van der Waals surface area contributed by atoms with Gasteiger partial charge in [-0.3, -0.25) is 10.2 Å². The maximum Gasteiger partial charge on any atom is 0.211 e. The van der Waals surface area contributed by atoms with Gasteiger partial charge in [0.15, 0.2) is 0 Å². The van der Waals surface area contributed by atoms with Crippen molar-refractivity contribution in [2.24, 2.45) is 0 Å². The summed E-state index contributed by atoms with van der Waals surface area (Å²) in [5.41, 5.74) is -0.492. The highest BCUT2D eigenvalue weighted by Crippen LogP contribution is 2.25. The molecule has 1 aliphatic heterocycles. The number of nitrogens with zero attached hydrogens (tertiary/aromatic N) is 3. The molecule has 0 aromatic carbocycles. The second-order valence-electron chi connectivity index (χ2n) is 6.61. The molecule has 2 atom stereocenters. The minimum Gasteiger partial charge on any atom is -0.298 e. The molecule has 21 heavy (non-hydrogen) atoms. The fourth-order valence-electron chi connectivity index (χ4n) is 3.01. The van der Waals surface area contributed by atoms with Crippen LogP contribution in [-0.2, 0) is 10.0 Å². The lowest BCUT2D eigenvalue weighted by atomic mass is 9.94. The van der Waals surface area contributed by atoms with E-state index in [-0.39, 0.29) is 6.04 Å². The summed E-state index contributed by atoms with van der Waals surface area (Å²) >= 11 is 0. The summed E-state index contributed by atoms with van der Waals surface area (Å²) in [4.78, 5) is 2.28. The fourth-order valence-corrected chi connectivity index (χ4v) is 3.84. The molecule has 1 N–H and O–H groups in total. The smallest absolute Gasteiger partial charge is 0.211 e. The third-order valence-electron chi connectivity index (χ3n) is 4.42. The summed E-state index contributed by atoms with van der Waals surface area (Å²) < 4.78 is 24.6. The first-order valence-electron chi connectivity index (χ1n) is 7.62. The van der Waals surface area contributed by atoms with Gasteiger partial charge in [0.2, 0.25) is 10.0 Å². The van der Waals surface area contributed by atoms with Crippen molar-refractivity contribution in [1.82, 2.24) is 14.5 Å². The lowest BCUT2D eigenvalue weighted by Gasteiger charge is -2.39. The van der Waals surface area contributed by atoms with Crippen LogP contribution in [0.4, 0.5) is 0 Å². The van der Waals surface area contributed by atoms with Crippen molar-refractivity contribution in [3.8, 4) is 6.07 Å². The van der Waals surface area contributed by atoms with Crippen LogP contribution in [0, 0.1) is 11.3 Å². The van der Waals surface area contributed by atoms with Crippen molar-refractivity contribution in [3.63, 3.8) is 0 Å². The molecule has 0 spiro atoms. The molecule has 0 aromatic rings. The number of hydrogen-bond acceptors (Lipinski definition) is 5. The van der Waals surface area contributed by atoms with Gasteiger partial charge in [-0.2, -0.15) is 9.57 Å². The zero-order valence-electron chi connectivity index (χ0n) is 13.2. The fraction of sp³-hybridized carbons (Fsp3) is 0.929. The third kappa shape index (κ3) is 4.65. The van der Waals surface area contributed by atoms with E-state index < -0.39 is 15.6 Å². The van der Waals surface area contributed by atoms with Crippen LogP contribution >= 0.6 is 0 Å². The van der Waals surface area contributed by atoms with Gasteiger partial charge in [0.1, 0.15) is 5.54 Å². The van der Waals surface area contributed by atoms with E-state index in [9.17, 15) is 13.7 Å². The summed E-state index contributed by atoms with van der Waals surface area (Å²) in [6.07, 6.45) is 4.36. The second kappa shape index (κ2) is 6.21. The Labute approximate surface area is 128 Å². The first kappa shape index (κ1) is 16.7. The Kier molecular flexibility index (Phi) is 4.93. The Bertz CT molecular complexity index is 504. The lowest BCUT2D eigenvalue weighted by Crippen LogP contribution is -2.54. The predicted octanol–water partition coefficient (Wildman–Crippen LogP) is 0.376. The largest absolute Gasteiger partial charge is 0.298 e. The molecular weight excluding hydrogens is 288 g/mol. The molecule has 0 bridgehead atoms. The average molecular weight is 314 g/mol. The highest BCUT2D eigenvalue weighted by Gasteiger charge is 2.35. The quantitative estimate of drug-likeness (QED) is 0.767. The summed E-state index contributed by atoms with van der Waals surface area (Å²) in [5, 5.41) is 12.9. The number of rotatable bonds is 6. The van der Waals surface area contributed by atoms with Gasteiger partial charge in [0.25, 0.3) is 0 Å². The molecule has 1 heterocycles. The van der Waals surface area contributed by atoms with Gasteiger partial charge < -0.3 is 0 Å². The Morgan fingerprint density at radius 1 is 1.33 bits per heavy atom. The van der Waals surface area contributed by atoms with Crippen molar-refractivity contribution < 1.29 is 8.42 Å². The van der Waals surface area contributed by atoms with E-state index in [2.05, 4.69) is 23.2 Å². The molecule has 2 fully saturated rings. The molecule has 1 aliphatic carbocycles.